The van der Waals surface area contributed by atoms with E-state index in [1.807, 2.05) is 0 Å². The van der Waals surface area contributed by atoms with Gasteiger partial charge in [0.05, 0.1) is 0 Å². The molecule has 0 aliphatic heterocycles. The Balaban J connectivity index is -0.0000000133. The average molecular weight is 168 g/mol. The van der Waals surface area contributed by atoms with Gasteiger partial charge in [0.2, 0.25) is 0 Å². The van der Waals surface area contributed by atoms with E-state index in [1.54, 1.807) is 0 Å². The van der Waals surface area contributed by atoms with Gasteiger partial charge in [-0.25, -0.2) is 23.7 Å². The van der Waals surface area contributed by atoms with E-state index < -0.39 is 0 Å². The number of hydrogen-bond donors (Lipinski definition) is 0. The smallest absolute Gasteiger partial charge is 0.769 e. The molecule has 0 aromatic rings. The molecule has 0 fully saturated rings. The molecule has 28 valence electrons. The molecule has 0 aromatic heterocycles. The van der Waals surface area contributed by atoms with Gasteiger partial charge in [0.1, 0.15) is 0 Å². The summed E-state index contributed by atoms with van der Waals surface area (Å²) >= 11 is 6.78. The molecule has 2 nitrogen and oxygen atoms in total. The molecular weight excluding hydrogens is 168 g/mol. The first-order chi connectivity index (χ1) is 2.00. The largest absolute Gasteiger partial charge is 2.00 e. The van der Waals surface area contributed by atoms with Gasteiger partial charge in [-0.1, -0.05) is 0 Å². The first kappa shape index (κ1) is 16.5. The average Bonchev–Trinajstić information content (AvgIpc) is 1.50. The zero-order valence-corrected chi connectivity index (χ0v) is 6.76. The quantitative estimate of drug-likeness (QED) is 0.435. The molecule has 0 amide bonds. The summed E-state index contributed by atoms with van der Waals surface area (Å²) in [4.78, 5) is 0. The van der Waals surface area contributed by atoms with Crippen molar-refractivity contribution in [3.05, 3.63) is 0 Å². The van der Waals surface area contributed by atoms with Crippen LogP contribution in [0.2, 0.25) is 0 Å². The van der Waals surface area contributed by atoms with Crippen molar-refractivity contribution < 1.29 is 28.8 Å². The Labute approximate surface area is 52.8 Å². The Hall–Kier alpha value is 1.12. The van der Waals surface area contributed by atoms with E-state index >= 15 is 0 Å². The van der Waals surface area contributed by atoms with Crippen LogP contribution in [0.3, 0.4) is 0 Å². The Morgan fingerprint density at radius 2 is 0.800 bits per heavy atom. The van der Waals surface area contributed by atoms with Crippen LogP contribution in [0.4, 0.5) is 0 Å². The monoisotopic (exact) mass is 166 g/mol. The van der Waals surface area contributed by atoms with E-state index in [9.17, 15) is 0 Å². The Morgan fingerprint density at radius 3 is 0.800 bits per heavy atom. The van der Waals surface area contributed by atoms with Crippen molar-refractivity contribution in [3.8, 4) is 0 Å². The van der Waals surface area contributed by atoms with Gasteiger partial charge < -0.3 is 9.32 Å². The third-order valence-corrected chi connectivity index (χ3v) is 0. The summed E-state index contributed by atoms with van der Waals surface area (Å²) in [5.41, 5.74) is 0. The van der Waals surface area contributed by atoms with E-state index in [2.05, 4.69) is 23.7 Å². The van der Waals surface area contributed by atoms with Crippen LogP contribution in [0.1, 0.15) is 0 Å². The number of hydrogen-bond acceptors (Lipinski definition) is 2. The molecule has 5 heteroatoms. The van der Waals surface area contributed by atoms with E-state index in [4.69, 9.17) is 9.32 Å². The van der Waals surface area contributed by atoms with Crippen molar-refractivity contribution in [2.75, 3.05) is 0 Å². The fraction of sp³-hybridized carbons (Fsp3) is 0. The minimum absolute atomic E-state index is 0. The van der Waals surface area contributed by atoms with Crippen molar-refractivity contribution in [1.82, 2.24) is 0 Å². The summed E-state index contributed by atoms with van der Waals surface area (Å²) in [6.45, 7) is 0. The molecule has 0 bridgehead atoms. The summed E-state index contributed by atoms with van der Waals surface area (Å²) in [6.07, 6.45) is 0. The summed E-state index contributed by atoms with van der Waals surface area (Å²) in [5.74, 6) is 0. The molecule has 5 heavy (non-hydrogen) atoms. The van der Waals surface area contributed by atoms with Crippen molar-refractivity contribution >= 4 is 23.7 Å². The zero-order valence-electron chi connectivity index (χ0n) is 2.28. The van der Waals surface area contributed by atoms with Crippen molar-refractivity contribution in [3.63, 3.8) is 0 Å². The molecule has 0 unspecified atom stereocenters. The van der Waals surface area contributed by atoms with Gasteiger partial charge in [0.25, 0.3) is 0 Å². The summed E-state index contributed by atoms with van der Waals surface area (Å²) in [5, 5.41) is 0. The zero-order chi connectivity index (χ0) is 4.00. The van der Waals surface area contributed by atoms with Crippen LogP contribution < -0.4 is 9.32 Å². The molecule has 0 rings (SSSR count). The molecule has 0 aliphatic carbocycles. The normalized spacial score (nSPS) is 2.40. The minimum Gasteiger partial charge on any atom is -0.769 e. The molecule has 0 atom stereocenters. The predicted molar refractivity (Wildman–Crippen MR) is 11.7 cm³/mol. The van der Waals surface area contributed by atoms with Gasteiger partial charge in [0, 0.05) is 0 Å². The molecule has 0 spiro atoms. The number of rotatable bonds is 0. The second kappa shape index (κ2) is 69.0. The molecule has 0 saturated carbocycles. The predicted octanol–water partition coefficient (Wildman–Crippen LogP) is -1.00. The fourth-order valence-electron chi connectivity index (χ4n) is 0. The molecular formula is Cl2O2Zn. The maximum atomic E-state index is 7.72. The van der Waals surface area contributed by atoms with Crippen molar-refractivity contribution in [1.29, 1.82) is 0 Å². The SMILES string of the molecule is [O-]Cl.[O-]Cl.[Zn+2]. The van der Waals surface area contributed by atoms with Crippen LogP contribution in [0.15, 0.2) is 0 Å². The fourth-order valence-corrected chi connectivity index (χ4v) is 0. The van der Waals surface area contributed by atoms with Crippen LogP contribution in [-0.2, 0) is 19.5 Å². The maximum absolute atomic E-state index is 7.72. The molecule has 0 aromatic carbocycles. The summed E-state index contributed by atoms with van der Waals surface area (Å²) in [7, 11) is 0. The molecule has 0 aliphatic rings. The second-order valence-electron chi connectivity index (χ2n) is 0. The van der Waals surface area contributed by atoms with E-state index in [1.165, 1.54) is 0 Å². The topological polar surface area (TPSA) is 46.1 Å². The van der Waals surface area contributed by atoms with Gasteiger partial charge in [-0.3, -0.25) is 0 Å². The van der Waals surface area contributed by atoms with E-state index in [0.29, 0.717) is 0 Å². The first-order valence-corrected chi connectivity index (χ1v) is 0.926. The van der Waals surface area contributed by atoms with Gasteiger partial charge in [-0.05, 0) is 0 Å². The van der Waals surface area contributed by atoms with E-state index in [0.717, 1.165) is 0 Å². The Bertz CT molecular complexity index is 7.61. The second-order valence-corrected chi connectivity index (χ2v) is 0. The molecule has 0 saturated heterocycles. The Morgan fingerprint density at radius 1 is 0.800 bits per heavy atom. The van der Waals surface area contributed by atoms with Crippen LogP contribution in [0.25, 0.3) is 0 Å². The summed E-state index contributed by atoms with van der Waals surface area (Å²) in [6, 6.07) is 0. The van der Waals surface area contributed by atoms with E-state index in [-0.39, 0.29) is 19.5 Å². The van der Waals surface area contributed by atoms with Gasteiger partial charge in [0.15, 0.2) is 0 Å². The van der Waals surface area contributed by atoms with Gasteiger partial charge >= 0.3 is 19.5 Å². The van der Waals surface area contributed by atoms with Crippen LogP contribution in [0.5, 0.6) is 0 Å². The minimum atomic E-state index is 0. The number of halogens is 2. The van der Waals surface area contributed by atoms with Gasteiger partial charge in [-0.2, -0.15) is 0 Å². The standard InChI is InChI=1S/2ClO.Zn/c2*1-2;/q2*-1;+2. The maximum Gasteiger partial charge on any atom is 2.00 e. The van der Waals surface area contributed by atoms with Crippen LogP contribution in [0, 0.1) is 0 Å². The molecule has 0 radical (unpaired) electrons. The first-order valence-electron chi connectivity index (χ1n) is 0.309. The van der Waals surface area contributed by atoms with Gasteiger partial charge in [-0.15, -0.1) is 0 Å². The third kappa shape index (κ3) is 39.6. The molecule has 0 heterocycles. The Kier molecular flexibility index (Phi) is 227. The van der Waals surface area contributed by atoms with Crippen LogP contribution in [-0.4, -0.2) is 0 Å². The third-order valence-electron chi connectivity index (χ3n) is 0. The van der Waals surface area contributed by atoms with Crippen molar-refractivity contribution in [2.45, 2.75) is 0 Å². The molecule has 0 N–H and O–H groups in total. The van der Waals surface area contributed by atoms with Crippen LogP contribution >= 0.6 is 23.7 Å². The van der Waals surface area contributed by atoms with Crippen molar-refractivity contribution in [2.24, 2.45) is 0 Å². The summed E-state index contributed by atoms with van der Waals surface area (Å²) < 4.78 is 15.4.